The van der Waals surface area contributed by atoms with Gasteiger partial charge in [-0.05, 0) is 29.7 Å². The lowest BCUT2D eigenvalue weighted by Crippen LogP contribution is -2.27. The number of carbonyl (C=O) groups excluding carboxylic acids is 1. The molecule has 16 heavy (non-hydrogen) atoms. The summed E-state index contributed by atoms with van der Waals surface area (Å²) in [5, 5.41) is 8.84. The summed E-state index contributed by atoms with van der Waals surface area (Å²) in [6.07, 6.45) is 0.838. The lowest BCUT2D eigenvalue weighted by Gasteiger charge is -2.13. The molecule has 1 aliphatic heterocycles. The summed E-state index contributed by atoms with van der Waals surface area (Å²) in [6.45, 7) is 1.41. The minimum atomic E-state index is -0.416. The zero-order valence-corrected chi connectivity index (χ0v) is 9.15. The Labute approximate surface area is 94.7 Å². The van der Waals surface area contributed by atoms with Crippen molar-refractivity contribution in [2.45, 2.75) is 19.5 Å². The molecule has 4 nitrogen and oxygen atoms in total. The van der Waals surface area contributed by atoms with E-state index in [0.29, 0.717) is 19.6 Å². The summed E-state index contributed by atoms with van der Waals surface area (Å²) >= 11 is 0. The minimum Gasteiger partial charge on any atom is -0.387 e. The molecule has 0 aliphatic carbocycles. The van der Waals surface area contributed by atoms with Crippen molar-refractivity contribution >= 4 is 5.91 Å². The lowest BCUT2D eigenvalue weighted by atomic mass is 10.0. The molecule has 0 unspecified atom stereocenters. The van der Waals surface area contributed by atoms with Gasteiger partial charge in [0.25, 0.3) is 0 Å². The highest BCUT2D eigenvalue weighted by atomic mass is 16.3. The first kappa shape index (κ1) is 11.1. The Hall–Kier alpha value is -1.39. The number of aliphatic hydroxyl groups excluding tert-OH is 1. The van der Waals surface area contributed by atoms with Crippen LogP contribution in [0.1, 0.15) is 16.7 Å². The Morgan fingerprint density at radius 1 is 1.44 bits per heavy atom. The van der Waals surface area contributed by atoms with Crippen LogP contribution < -0.4 is 5.73 Å². The number of hydrogen-bond donors (Lipinski definition) is 2. The molecule has 1 aromatic carbocycles. The molecule has 0 saturated carbocycles. The van der Waals surface area contributed by atoms with Gasteiger partial charge in [-0.2, -0.15) is 0 Å². The Balaban J connectivity index is 2.23. The predicted molar refractivity (Wildman–Crippen MR) is 60.5 cm³/mol. The maximum atomic E-state index is 11.4. The zero-order chi connectivity index (χ0) is 11.5. The van der Waals surface area contributed by atoms with Gasteiger partial charge in [0.15, 0.2) is 0 Å². The Morgan fingerprint density at radius 3 is 2.94 bits per heavy atom. The second kappa shape index (κ2) is 4.63. The number of carbonyl (C=O) groups is 1. The fourth-order valence-corrected chi connectivity index (χ4v) is 2.16. The third kappa shape index (κ3) is 1.94. The quantitative estimate of drug-likeness (QED) is 0.754. The van der Waals surface area contributed by atoms with E-state index < -0.39 is 6.61 Å². The summed E-state index contributed by atoms with van der Waals surface area (Å²) in [7, 11) is 0. The van der Waals surface area contributed by atoms with E-state index in [1.54, 1.807) is 4.90 Å². The number of amides is 1. The van der Waals surface area contributed by atoms with Crippen LogP contribution in [0.3, 0.4) is 0 Å². The third-order valence-electron chi connectivity index (χ3n) is 2.98. The van der Waals surface area contributed by atoms with Gasteiger partial charge in [-0.3, -0.25) is 4.79 Å². The number of nitrogens with two attached hydrogens (primary N) is 1. The number of aliphatic hydroxyl groups is 1. The number of fused-ring (bicyclic) bond motifs is 1. The van der Waals surface area contributed by atoms with Crippen LogP contribution in [-0.2, 0) is 24.3 Å². The fourth-order valence-electron chi connectivity index (χ4n) is 2.16. The molecule has 1 aliphatic rings. The fraction of sp³-hybridized carbons (Fsp3) is 0.417. The molecule has 0 radical (unpaired) electrons. The molecular weight excluding hydrogens is 204 g/mol. The van der Waals surface area contributed by atoms with Crippen molar-refractivity contribution in [2.75, 3.05) is 13.2 Å². The molecule has 1 aromatic rings. The largest absolute Gasteiger partial charge is 0.387 e. The molecule has 1 amide bonds. The molecule has 0 aromatic heterocycles. The second-order valence-electron chi connectivity index (χ2n) is 4.00. The van der Waals surface area contributed by atoms with Crippen LogP contribution in [0.15, 0.2) is 18.2 Å². The van der Waals surface area contributed by atoms with Gasteiger partial charge in [-0.25, -0.2) is 0 Å². The molecule has 0 atom stereocenters. The van der Waals surface area contributed by atoms with E-state index in [4.69, 9.17) is 10.8 Å². The highest BCUT2D eigenvalue weighted by Crippen LogP contribution is 2.26. The number of rotatable bonds is 3. The van der Waals surface area contributed by atoms with E-state index in [0.717, 1.165) is 6.42 Å². The van der Waals surface area contributed by atoms with Crippen molar-refractivity contribution in [1.29, 1.82) is 0 Å². The molecular formula is C12H16N2O2. The van der Waals surface area contributed by atoms with Crippen molar-refractivity contribution in [3.8, 4) is 0 Å². The molecule has 0 bridgehead atoms. The van der Waals surface area contributed by atoms with Gasteiger partial charge in [0, 0.05) is 13.1 Å². The first-order valence-corrected chi connectivity index (χ1v) is 5.44. The van der Waals surface area contributed by atoms with Crippen molar-refractivity contribution in [1.82, 2.24) is 4.90 Å². The molecule has 0 saturated heterocycles. The number of benzene rings is 1. The molecule has 0 spiro atoms. The zero-order valence-electron chi connectivity index (χ0n) is 9.15. The molecule has 2 rings (SSSR count). The average Bonchev–Trinajstić information content (AvgIpc) is 2.73. The van der Waals surface area contributed by atoms with Crippen LogP contribution in [0.4, 0.5) is 0 Å². The Kier molecular flexibility index (Phi) is 3.22. The van der Waals surface area contributed by atoms with Crippen molar-refractivity contribution in [3.63, 3.8) is 0 Å². The standard InChI is InChI=1S/C12H16N2O2/c13-5-4-9-2-1-3-10-6-14(7-11(9)10)12(16)8-15/h1-3,15H,4-8,13H2. The molecule has 1 heterocycles. The molecule has 4 heteroatoms. The third-order valence-corrected chi connectivity index (χ3v) is 2.98. The van der Waals surface area contributed by atoms with Crippen LogP contribution in [0.25, 0.3) is 0 Å². The van der Waals surface area contributed by atoms with Crippen LogP contribution in [-0.4, -0.2) is 29.1 Å². The highest BCUT2D eigenvalue weighted by Gasteiger charge is 2.24. The summed E-state index contributed by atoms with van der Waals surface area (Å²) in [5.74, 6) is -0.213. The SMILES string of the molecule is NCCc1cccc2c1CN(C(=O)CO)C2. The van der Waals surface area contributed by atoms with E-state index in [9.17, 15) is 4.79 Å². The molecule has 3 N–H and O–H groups in total. The van der Waals surface area contributed by atoms with Gasteiger partial charge in [0.2, 0.25) is 5.91 Å². The van der Waals surface area contributed by atoms with Crippen LogP contribution in [0, 0.1) is 0 Å². The van der Waals surface area contributed by atoms with Crippen molar-refractivity contribution in [2.24, 2.45) is 5.73 Å². The normalized spacial score (nSPS) is 14.0. The van der Waals surface area contributed by atoms with Gasteiger partial charge >= 0.3 is 0 Å². The van der Waals surface area contributed by atoms with Crippen molar-refractivity contribution < 1.29 is 9.90 Å². The van der Waals surface area contributed by atoms with Gasteiger partial charge in [-0.15, -0.1) is 0 Å². The molecule has 86 valence electrons. The van der Waals surface area contributed by atoms with Crippen LogP contribution >= 0.6 is 0 Å². The molecule has 0 fully saturated rings. The lowest BCUT2D eigenvalue weighted by molar-refractivity contribution is -0.134. The van der Waals surface area contributed by atoms with Gasteiger partial charge in [-0.1, -0.05) is 18.2 Å². The summed E-state index contributed by atoms with van der Waals surface area (Å²) < 4.78 is 0. The van der Waals surface area contributed by atoms with Crippen LogP contribution in [0.5, 0.6) is 0 Å². The van der Waals surface area contributed by atoms with E-state index in [1.807, 2.05) is 12.1 Å². The first-order valence-electron chi connectivity index (χ1n) is 5.44. The number of hydrogen-bond acceptors (Lipinski definition) is 3. The predicted octanol–water partition coefficient (Wildman–Crippen LogP) is 0.0223. The van der Waals surface area contributed by atoms with Gasteiger partial charge < -0.3 is 15.7 Å². The monoisotopic (exact) mass is 220 g/mol. The topological polar surface area (TPSA) is 66.6 Å². The second-order valence-corrected chi connectivity index (χ2v) is 4.00. The van der Waals surface area contributed by atoms with Gasteiger partial charge in [0.05, 0.1) is 0 Å². The maximum Gasteiger partial charge on any atom is 0.248 e. The first-order chi connectivity index (χ1) is 7.76. The summed E-state index contributed by atoms with van der Waals surface area (Å²) in [5.41, 5.74) is 9.15. The highest BCUT2D eigenvalue weighted by molar-refractivity contribution is 5.78. The van der Waals surface area contributed by atoms with Crippen LogP contribution in [0.2, 0.25) is 0 Å². The average molecular weight is 220 g/mol. The van der Waals surface area contributed by atoms with E-state index in [1.165, 1.54) is 16.7 Å². The minimum absolute atomic E-state index is 0.213. The van der Waals surface area contributed by atoms with Crippen molar-refractivity contribution in [3.05, 3.63) is 34.9 Å². The van der Waals surface area contributed by atoms with E-state index in [-0.39, 0.29) is 5.91 Å². The summed E-state index contributed by atoms with van der Waals surface area (Å²) in [4.78, 5) is 13.1. The Bertz CT molecular complexity index is 404. The Morgan fingerprint density at radius 2 is 2.25 bits per heavy atom. The smallest absolute Gasteiger partial charge is 0.248 e. The van der Waals surface area contributed by atoms with Gasteiger partial charge in [0.1, 0.15) is 6.61 Å². The van der Waals surface area contributed by atoms with E-state index >= 15 is 0 Å². The number of nitrogens with zero attached hydrogens (tertiary/aromatic N) is 1. The maximum absolute atomic E-state index is 11.4. The summed E-state index contributed by atoms with van der Waals surface area (Å²) in [6, 6.07) is 6.08. The van der Waals surface area contributed by atoms with E-state index in [2.05, 4.69) is 6.07 Å².